The number of carbonyl (C=O) groups is 1. The van der Waals surface area contributed by atoms with Crippen molar-refractivity contribution in [3.8, 4) is 16.9 Å². The molecule has 0 N–H and O–H groups in total. The topological polar surface area (TPSA) is 44.8 Å². The van der Waals surface area contributed by atoms with E-state index in [0.29, 0.717) is 5.02 Å². The average Bonchev–Trinajstić information content (AvgIpc) is 2.52. The van der Waals surface area contributed by atoms with Gasteiger partial charge in [-0.3, -0.25) is 0 Å². The number of benzene rings is 2. The fraction of sp³-hybridized carbons (Fsp3) is 0.188. The molecule has 110 valence electrons. The number of carbonyl (C=O) groups excluding carboxylic acids is 1. The molecule has 0 radical (unpaired) electrons. The van der Waals surface area contributed by atoms with Crippen molar-refractivity contribution >= 4 is 17.8 Å². The maximum absolute atomic E-state index is 11.0. The third-order valence-electron chi connectivity index (χ3n) is 2.92. The van der Waals surface area contributed by atoms with Crippen molar-refractivity contribution in [1.29, 1.82) is 0 Å². The third kappa shape index (κ3) is 3.89. The summed E-state index contributed by atoms with van der Waals surface area (Å²) in [6.07, 6.45) is -0.713. The van der Waals surface area contributed by atoms with Crippen LogP contribution in [-0.2, 0) is 16.1 Å². The van der Waals surface area contributed by atoms with Gasteiger partial charge in [-0.05, 0) is 35.4 Å². The van der Waals surface area contributed by atoms with Gasteiger partial charge in [0.1, 0.15) is 12.4 Å². The molecule has 0 aliphatic rings. The maximum atomic E-state index is 11.0. The van der Waals surface area contributed by atoms with E-state index in [2.05, 4.69) is 4.74 Å². The molecule has 0 bridgehead atoms. The van der Waals surface area contributed by atoms with Gasteiger partial charge in [0.25, 0.3) is 0 Å². The summed E-state index contributed by atoms with van der Waals surface area (Å²) in [7, 11) is 2.88. The lowest BCUT2D eigenvalue weighted by atomic mass is 10.0. The first-order valence-electron chi connectivity index (χ1n) is 6.27. The van der Waals surface area contributed by atoms with Gasteiger partial charge in [-0.25, -0.2) is 4.79 Å². The molecule has 0 aliphatic heterocycles. The molecule has 0 heterocycles. The van der Waals surface area contributed by atoms with Crippen LogP contribution in [0.3, 0.4) is 0 Å². The van der Waals surface area contributed by atoms with Crippen molar-refractivity contribution in [3.05, 3.63) is 53.1 Å². The van der Waals surface area contributed by atoms with E-state index >= 15 is 0 Å². The molecule has 0 atom stereocenters. The van der Waals surface area contributed by atoms with Crippen LogP contribution >= 0.6 is 11.6 Å². The van der Waals surface area contributed by atoms with Crippen LogP contribution in [0.4, 0.5) is 4.79 Å². The summed E-state index contributed by atoms with van der Waals surface area (Å²) < 4.78 is 14.7. The van der Waals surface area contributed by atoms with Gasteiger partial charge in [-0.15, -0.1) is 0 Å². The van der Waals surface area contributed by atoms with Crippen LogP contribution in [0.2, 0.25) is 5.02 Å². The van der Waals surface area contributed by atoms with Gasteiger partial charge in [-0.1, -0.05) is 29.8 Å². The molecule has 0 saturated heterocycles. The summed E-state index contributed by atoms with van der Waals surface area (Å²) in [5.41, 5.74) is 2.64. The average molecular weight is 307 g/mol. The Hall–Kier alpha value is -2.20. The zero-order valence-corrected chi connectivity index (χ0v) is 12.5. The number of methoxy groups -OCH3 is 2. The minimum atomic E-state index is -0.713. The van der Waals surface area contributed by atoms with Crippen molar-refractivity contribution < 1.29 is 19.0 Å². The van der Waals surface area contributed by atoms with E-state index in [9.17, 15) is 4.79 Å². The SMILES string of the molecule is COC(=O)OCc1ccc(OC)c(-c2cccc(Cl)c2)c1. The lowest BCUT2D eigenvalue weighted by Crippen LogP contribution is -2.04. The Balaban J connectivity index is 2.32. The first-order valence-corrected chi connectivity index (χ1v) is 6.65. The Labute approximate surface area is 128 Å². The molecule has 0 unspecified atom stereocenters. The Morgan fingerprint density at radius 3 is 2.62 bits per heavy atom. The standard InChI is InChI=1S/C16H15ClO4/c1-19-15-7-6-11(10-21-16(18)20-2)8-14(15)12-4-3-5-13(17)9-12/h3-9H,10H2,1-2H3. The summed E-state index contributed by atoms with van der Waals surface area (Å²) in [6, 6.07) is 13.0. The van der Waals surface area contributed by atoms with E-state index < -0.39 is 6.16 Å². The summed E-state index contributed by atoms with van der Waals surface area (Å²) in [5, 5.41) is 0.644. The normalized spacial score (nSPS) is 10.0. The molecule has 0 saturated carbocycles. The van der Waals surface area contributed by atoms with Crippen LogP contribution in [0.15, 0.2) is 42.5 Å². The van der Waals surface area contributed by atoms with E-state index in [4.69, 9.17) is 21.1 Å². The Kier molecular flexibility index (Phi) is 5.06. The highest BCUT2D eigenvalue weighted by molar-refractivity contribution is 6.30. The Bertz CT molecular complexity index is 640. The second-order valence-corrected chi connectivity index (χ2v) is 4.72. The zero-order chi connectivity index (χ0) is 15.2. The first kappa shape index (κ1) is 15.2. The highest BCUT2D eigenvalue weighted by atomic mass is 35.5. The summed E-state index contributed by atoms with van der Waals surface area (Å²) in [4.78, 5) is 11.0. The number of halogens is 1. The monoisotopic (exact) mass is 306 g/mol. The summed E-state index contributed by atoms with van der Waals surface area (Å²) >= 11 is 6.02. The third-order valence-corrected chi connectivity index (χ3v) is 3.16. The highest BCUT2D eigenvalue weighted by Crippen LogP contribution is 2.32. The van der Waals surface area contributed by atoms with Gasteiger partial charge >= 0.3 is 6.16 Å². The van der Waals surface area contributed by atoms with Crippen molar-refractivity contribution in [3.63, 3.8) is 0 Å². The predicted molar refractivity (Wildman–Crippen MR) is 80.6 cm³/mol. The molecule has 2 rings (SSSR count). The summed E-state index contributed by atoms with van der Waals surface area (Å²) in [6.45, 7) is 0.129. The van der Waals surface area contributed by atoms with Gasteiger partial charge in [0, 0.05) is 10.6 Å². The van der Waals surface area contributed by atoms with Crippen molar-refractivity contribution in [2.45, 2.75) is 6.61 Å². The van der Waals surface area contributed by atoms with Crippen LogP contribution in [0, 0.1) is 0 Å². The zero-order valence-electron chi connectivity index (χ0n) is 11.8. The van der Waals surface area contributed by atoms with Crippen molar-refractivity contribution in [2.24, 2.45) is 0 Å². The van der Waals surface area contributed by atoms with Crippen LogP contribution in [0.1, 0.15) is 5.56 Å². The number of rotatable bonds is 4. The fourth-order valence-electron chi connectivity index (χ4n) is 1.93. The van der Waals surface area contributed by atoms with E-state index in [-0.39, 0.29) is 6.61 Å². The minimum absolute atomic E-state index is 0.129. The second-order valence-electron chi connectivity index (χ2n) is 4.29. The van der Waals surface area contributed by atoms with Crippen LogP contribution in [0.25, 0.3) is 11.1 Å². The lowest BCUT2D eigenvalue weighted by molar-refractivity contribution is 0.0669. The molecular formula is C16H15ClO4. The summed E-state index contributed by atoms with van der Waals surface area (Å²) in [5.74, 6) is 0.721. The molecule has 4 nitrogen and oxygen atoms in total. The number of hydrogen-bond acceptors (Lipinski definition) is 4. The maximum Gasteiger partial charge on any atom is 0.508 e. The molecule has 0 aliphatic carbocycles. The van der Waals surface area contributed by atoms with E-state index in [1.165, 1.54) is 7.11 Å². The molecule has 0 fully saturated rings. The molecule has 0 aromatic heterocycles. The van der Waals surface area contributed by atoms with Gasteiger partial charge < -0.3 is 14.2 Å². The molecule has 2 aromatic carbocycles. The van der Waals surface area contributed by atoms with E-state index in [1.54, 1.807) is 7.11 Å². The molecule has 0 spiro atoms. The van der Waals surface area contributed by atoms with Gasteiger partial charge in [-0.2, -0.15) is 0 Å². The van der Waals surface area contributed by atoms with Gasteiger partial charge in [0.15, 0.2) is 0 Å². The molecule has 0 amide bonds. The van der Waals surface area contributed by atoms with E-state index in [1.807, 2.05) is 42.5 Å². The van der Waals surface area contributed by atoms with Crippen molar-refractivity contribution in [2.75, 3.05) is 14.2 Å². The molecule has 5 heteroatoms. The van der Waals surface area contributed by atoms with Crippen LogP contribution in [-0.4, -0.2) is 20.4 Å². The quantitative estimate of drug-likeness (QED) is 0.790. The molecular weight excluding hydrogens is 292 g/mol. The van der Waals surface area contributed by atoms with Gasteiger partial charge in [0.2, 0.25) is 0 Å². The minimum Gasteiger partial charge on any atom is -0.496 e. The fourth-order valence-corrected chi connectivity index (χ4v) is 2.12. The van der Waals surface area contributed by atoms with E-state index in [0.717, 1.165) is 22.4 Å². The molecule has 21 heavy (non-hydrogen) atoms. The lowest BCUT2D eigenvalue weighted by Gasteiger charge is -2.11. The van der Waals surface area contributed by atoms with Crippen LogP contribution < -0.4 is 4.74 Å². The number of ether oxygens (including phenoxy) is 3. The number of hydrogen-bond donors (Lipinski definition) is 0. The van der Waals surface area contributed by atoms with Crippen LogP contribution in [0.5, 0.6) is 5.75 Å². The van der Waals surface area contributed by atoms with Gasteiger partial charge in [0.05, 0.1) is 14.2 Å². The van der Waals surface area contributed by atoms with Crippen molar-refractivity contribution in [1.82, 2.24) is 0 Å². The smallest absolute Gasteiger partial charge is 0.496 e. The highest BCUT2D eigenvalue weighted by Gasteiger charge is 2.09. The largest absolute Gasteiger partial charge is 0.508 e. The first-order chi connectivity index (χ1) is 10.1. The Morgan fingerprint density at radius 1 is 1.14 bits per heavy atom. The second kappa shape index (κ2) is 6.99. The predicted octanol–water partition coefficient (Wildman–Crippen LogP) is 4.30. The Morgan fingerprint density at radius 2 is 1.95 bits per heavy atom. The molecule has 2 aromatic rings.